The van der Waals surface area contributed by atoms with E-state index in [1.165, 1.54) is 5.56 Å². The van der Waals surface area contributed by atoms with E-state index < -0.39 is 0 Å². The molecule has 0 radical (unpaired) electrons. The van der Waals surface area contributed by atoms with Crippen LogP contribution in [-0.4, -0.2) is 21.6 Å². The van der Waals surface area contributed by atoms with Gasteiger partial charge in [0, 0.05) is 18.9 Å². The molecule has 1 atom stereocenters. The molecule has 22 heavy (non-hydrogen) atoms. The van der Waals surface area contributed by atoms with E-state index in [-0.39, 0.29) is 23.1 Å². The minimum atomic E-state index is -0.345. The molecule has 1 aromatic heterocycles. The number of nitrogens with one attached hydrogen (secondary N) is 1. The summed E-state index contributed by atoms with van der Waals surface area (Å²) in [7, 11) is 1.89. The first-order valence-corrected chi connectivity index (χ1v) is 7.58. The average Bonchev–Trinajstić information content (AvgIpc) is 2.75. The lowest BCUT2D eigenvalue weighted by molar-refractivity contribution is -0.134. The number of benzene rings is 1. The van der Waals surface area contributed by atoms with Crippen LogP contribution in [0.5, 0.6) is 0 Å². The van der Waals surface area contributed by atoms with E-state index >= 15 is 0 Å². The number of hydrogen-bond donors (Lipinski definition) is 1. The molecular weight excluding hydrogens is 278 g/mol. The van der Waals surface area contributed by atoms with Crippen LogP contribution in [0.1, 0.15) is 50.8 Å². The Kier molecular flexibility index (Phi) is 3.31. The molecule has 5 heteroatoms. The van der Waals surface area contributed by atoms with Gasteiger partial charge in [-0.25, -0.2) is 0 Å². The number of nitrogens with zero attached hydrogens (tertiary/aromatic N) is 2. The quantitative estimate of drug-likeness (QED) is 0.822. The van der Waals surface area contributed by atoms with Crippen LogP contribution in [0.15, 0.2) is 18.2 Å². The van der Waals surface area contributed by atoms with Crippen molar-refractivity contribution in [2.75, 3.05) is 0 Å². The van der Waals surface area contributed by atoms with Crippen molar-refractivity contribution in [2.24, 2.45) is 7.05 Å². The molecule has 2 aromatic rings. The maximum Gasteiger partial charge on any atom is 0.235 e. The zero-order chi connectivity index (χ0) is 16.1. The Morgan fingerprint density at radius 2 is 2.00 bits per heavy atom. The van der Waals surface area contributed by atoms with E-state index in [2.05, 4.69) is 43.3 Å². The Balaban J connectivity index is 2.09. The van der Waals surface area contributed by atoms with Gasteiger partial charge in [-0.3, -0.25) is 19.6 Å². The molecule has 1 N–H and O–H groups in total. The number of carbonyl (C=O) groups is 2. The Labute approximate surface area is 129 Å². The number of carbonyl (C=O) groups excluding carboxylic acids is 2. The Bertz CT molecular complexity index is 768. The highest BCUT2D eigenvalue weighted by Crippen LogP contribution is 2.32. The van der Waals surface area contributed by atoms with Crippen LogP contribution in [0.2, 0.25) is 0 Å². The van der Waals surface area contributed by atoms with E-state index in [0.29, 0.717) is 12.8 Å². The third-order valence-electron chi connectivity index (χ3n) is 4.32. The maximum atomic E-state index is 12.1. The second-order valence-corrected chi connectivity index (χ2v) is 6.99. The highest BCUT2D eigenvalue weighted by molar-refractivity contribution is 6.02. The molecule has 1 fully saturated rings. The van der Waals surface area contributed by atoms with E-state index in [1.54, 1.807) is 0 Å². The van der Waals surface area contributed by atoms with Crippen LogP contribution in [0.4, 0.5) is 0 Å². The van der Waals surface area contributed by atoms with Crippen molar-refractivity contribution in [3.63, 3.8) is 0 Å². The molecule has 0 aliphatic carbocycles. The van der Waals surface area contributed by atoms with Gasteiger partial charge in [0.15, 0.2) is 0 Å². The number of imide groups is 1. The summed E-state index contributed by atoms with van der Waals surface area (Å²) in [4.78, 5) is 23.4. The first-order valence-electron chi connectivity index (χ1n) is 7.58. The van der Waals surface area contributed by atoms with Gasteiger partial charge in [-0.2, -0.15) is 5.10 Å². The third kappa shape index (κ3) is 2.40. The van der Waals surface area contributed by atoms with Gasteiger partial charge in [-0.15, -0.1) is 0 Å². The average molecular weight is 299 g/mol. The molecule has 1 saturated heterocycles. The molecule has 1 aliphatic rings. The number of aromatic nitrogens is 2. The SMILES string of the molecule is Cn1nc([C@@H]2CCC(=O)NC2=O)c2ccc(C(C)(C)C)cc21. The smallest absolute Gasteiger partial charge is 0.235 e. The molecule has 2 amide bonds. The number of rotatable bonds is 1. The zero-order valence-corrected chi connectivity index (χ0v) is 13.4. The molecule has 0 spiro atoms. The monoisotopic (exact) mass is 299 g/mol. The summed E-state index contributed by atoms with van der Waals surface area (Å²) in [5.41, 5.74) is 3.08. The number of amides is 2. The highest BCUT2D eigenvalue weighted by atomic mass is 16.2. The molecule has 1 aromatic carbocycles. The molecule has 116 valence electrons. The molecule has 3 rings (SSSR count). The lowest BCUT2D eigenvalue weighted by atomic mass is 9.86. The lowest BCUT2D eigenvalue weighted by Crippen LogP contribution is -2.39. The molecular formula is C17H21N3O2. The fourth-order valence-electron chi connectivity index (χ4n) is 2.96. The molecule has 2 heterocycles. The van der Waals surface area contributed by atoms with E-state index in [1.807, 2.05) is 17.8 Å². The predicted molar refractivity (Wildman–Crippen MR) is 84.5 cm³/mol. The first-order chi connectivity index (χ1) is 10.3. The summed E-state index contributed by atoms with van der Waals surface area (Å²) in [5, 5.41) is 7.96. The number of fused-ring (bicyclic) bond motifs is 1. The van der Waals surface area contributed by atoms with Crippen LogP contribution in [-0.2, 0) is 22.1 Å². The Morgan fingerprint density at radius 3 is 2.64 bits per heavy atom. The third-order valence-corrected chi connectivity index (χ3v) is 4.32. The zero-order valence-electron chi connectivity index (χ0n) is 13.4. The minimum absolute atomic E-state index is 0.0628. The number of piperidine rings is 1. The Morgan fingerprint density at radius 1 is 1.27 bits per heavy atom. The fourth-order valence-corrected chi connectivity index (χ4v) is 2.96. The maximum absolute atomic E-state index is 12.1. The first kappa shape index (κ1) is 14.8. The lowest BCUT2D eigenvalue weighted by Gasteiger charge is -2.20. The van der Waals surface area contributed by atoms with Crippen LogP contribution in [0.3, 0.4) is 0 Å². The normalized spacial score (nSPS) is 19.5. The second kappa shape index (κ2) is 4.93. The van der Waals surface area contributed by atoms with Gasteiger partial charge in [-0.1, -0.05) is 32.9 Å². The van der Waals surface area contributed by atoms with Crippen molar-refractivity contribution >= 4 is 22.7 Å². The van der Waals surface area contributed by atoms with Crippen molar-refractivity contribution in [1.29, 1.82) is 0 Å². The minimum Gasteiger partial charge on any atom is -0.296 e. The van der Waals surface area contributed by atoms with Gasteiger partial charge in [0.2, 0.25) is 11.8 Å². The van der Waals surface area contributed by atoms with Crippen molar-refractivity contribution in [3.8, 4) is 0 Å². The van der Waals surface area contributed by atoms with Gasteiger partial charge in [0.05, 0.1) is 17.1 Å². The number of aryl methyl sites for hydroxylation is 1. The molecule has 1 aliphatic heterocycles. The summed E-state index contributed by atoms with van der Waals surface area (Å²) in [6.45, 7) is 6.52. The van der Waals surface area contributed by atoms with Crippen molar-refractivity contribution in [2.45, 2.75) is 44.9 Å². The summed E-state index contributed by atoms with van der Waals surface area (Å²) < 4.78 is 1.82. The predicted octanol–water partition coefficient (Wildman–Crippen LogP) is 2.39. The fraction of sp³-hybridized carbons (Fsp3) is 0.471. The van der Waals surface area contributed by atoms with Crippen LogP contribution < -0.4 is 5.32 Å². The van der Waals surface area contributed by atoms with Gasteiger partial charge in [-0.05, 0) is 23.5 Å². The Hall–Kier alpha value is -2.17. The van der Waals surface area contributed by atoms with Gasteiger partial charge < -0.3 is 0 Å². The summed E-state index contributed by atoms with van der Waals surface area (Å²) in [5.74, 6) is -0.783. The summed E-state index contributed by atoms with van der Waals surface area (Å²) >= 11 is 0. The summed E-state index contributed by atoms with van der Waals surface area (Å²) in [6.07, 6.45) is 0.895. The van der Waals surface area contributed by atoms with Gasteiger partial charge in [0.1, 0.15) is 0 Å². The molecule has 0 unspecified atom stereocenters. The standard InChI is InChI=1S/C17H21N3O2/c1-17(2,3)10-5-6-11-13(9-10)20(4)19-15(11)12-7-8-14(21)18-16(12)22/h5-6,9,12H,7-8H2,1-4H3,(H,18,21,22)/t12-/m0/s1. The molecule has 0 saturated carbocycles. The molecule has 5 nitrogen and oxygen atoms in total. The summed E-state index contributed by atoms with van der Waals surface area (Å²) in [6, 6.07) is 6.28. The van der Waals surface area contributed by atoms with E-state index in [4.69, 9.17) is 0 Å². The van der Waals surface area contributed by atoms with Crippen LogP contribution >= 0.6 is 0 Å². The van der Waals surface area contributed by atoms with E-state index in [0.717, 1.165) is 16.6 Å². The second-order valence-electron chi connectivity index (χ2n) is 6.99. The van der Waals surface area contributed by atoms with Gasteiger partial charge >= 0.3 is 0 Å². The van der Waals surface area contributed by atoms with Crippen molar-refractivity contribution in [1.82, 2.24) is 15.1 Å². The van der Waals surface area contributed by atoms with Crippen LogP contribution in [0, 0.1) is 0 Å². The van der Waals surface area contributed by atoms with Crippen molar-refractivity contribution in [3.05, 3.63) is 29.5 Å². The highest BCUT2D eigenvalue weighted by Gasteiger charge is 2.31. The van der Waals surface area contributed by atoms with Crippen molar-refractivity contribution < 1.29 is 9.59 Å². The van der Waals surface area contributed by atoms with Gasteiger partial charge in [0.25, 0.3) is 0 Å². The van der Waals surface area contributed by atoms with Crippen LogP contribution in [0.25, 0.3) is 10.9 Å². The largest absolute Gasteiger partial charge is 0.296 e. The topological polar surface area (TPSA) is 64.0 Å². The molecule has 0 bridgehead atoms. The van der Waals surface area contributed by atoms with E-state index in [9.17, 15) is 9.59 Å². The number of hydrogen-bond acceptors (Lipinski definition) is 3.